The molecule has 1 aliphatic rings. The van der Waals surface area contributed by atoms with Crippen molar-refractivity contribution in [2.75, 3.05) is 6.61 Å². The number of esters is 1. The summed E-state index contributed by atoms with van der Waals surface area (Å²) in [5.41, 5.74) is 0.510. The molecule has 0 atom stereocenters. The van der Waals surface area contributed by atoms with E-state index in [4.69, 9.17) is 9.84 Å². The SMILES string of the molecule is C=C(CC=C(C)C(=O)O)C(=O)OCCC1CCCCC1. The molecule has 20 heavy (non-hydrogen) atoms. The number of ether oxygens (including phenoxy) is 1. The average molecular weight is 280 g/mol. The first kappa shape index (κ1) is 16.5. The molecule has 0 bridgehead atoms. The lowest BCUT2D eigenvalue weighted by Gasteiger charge is -2.21. The number of carbonyl (C=O) groups excluding carboxylic acids is 1. The van der Waals surface area contributed by atoms with Crippen LogP contribution in [-0.4, -0.2) is 23.7 Å². The second-order valence-corrected chi connectivity index (χ2v) is 5.43. The molecule has 4 heteroatoms. The van der Waals surface area contributed by atoms with Gasteiger partial charge in [-0.2, -0.15) is 0 Å². The zero-order valence-electron chi connectivity index (χ0n) is 12.2. The molecule has 4 nitrogen and oxygen atoms in total. The molecule has 1 N–H and O–H groups in total. The Balaban J connectivity index is 2.22. The van der Waals surface area contributed by atoms with Crippen LogP contribution in [0.2, 0.25) is 0 Å². The third-order valence-corrected chi connectivity index (χ3v) is 3.76. The van der Waals surface area contributed by atoms with Crippen LogP contribution in [-0.2, 0) is 14.3 Å². The molecule has 0 radical (unpaired) electrons. The van der Waals surface area contributed by atoms with E-state index in [1.807, 2.05) is 0 Å². The molecule has 1 fully saturated rings. The largest absolute Gasteiger partial charge is 0.478 e. The van der Waals surface area contributed by atoms with Crippen molar-refractivity contribution in [1.29, 1.82) is 0 Å². The van der Waals surface area contributed by atoms with Crippen molar-refractivity contribution in [3.8, 4) is 0 Å². The van der Waals surface area contributed by atoms with Crippen molar-refractivity contribution in [3.63, 3.8) is 0 Å². The molecule has 0 aliphatic heterocycles. The van der Waals surface area contributed by atoms with Crippen molar-refractivity contribution >= 4 is 11.9 Å². The Morgan fingerprint density at radius 3 is 2.55 bits per heavy atom. The Labute approximate surface area is 120 Å². The highest BCUT2D eigenvalue weighted by molar-refractivity contribution is 5.89. The topological polar surface area (TPSA) is 63.6 Å². The smallest absolute Gasteiger partial charge is 0.333 e. The maximum atomic E-state index is 11.7. The lowest BCUT2D eigenvalue weighted by Crippen LogP contribution is -2.13. The Hall–Kier alpha value is -1.58. The van der Waals surface area contributed by atoms with Crippen molar-refractivity contribution < 1.29 is 19.4 Å². The summed E-state index contributed by atoms with van der Waals surface area (Å²) in [5, 5.41) is 8.71. The molecule has 0 heterocycles. The number of carboxylic acids is 1. The first-order valence-corrected chi connectivity index (χ1v) is 7.25. The van der Waals surface area contributed by atoms with Crippen LogP contribution in [0.4, 0.5) is 0 Å². The molecule has 1 saturated carbocycles. The van der Waals surface area contributed by atoms with Gasteiger partial charge >= 0.3 is 11.9 Å². The fourth-order valence-corrected chi connectivity index (χ4v) is 2.34. The van der Waals surface area contributed by atoms with E-state index in [1.54, 1.807) is 0 Å². The van der Waals surface area contributed by atoms with Crippen molar-refractivity contribution in [2.45, 2.75) is 51.9 Å². The molecule has 0 unspecified atom stereocenters. The second-order valence-electron chi connectivity index (χ2n) is 5.43. The Kier molecular flexibility index (Phi) is 7.05. The number of carboxylic acid groups (broad SMARTS) is 1. The summed E-state index contributed by atoms with van der Waals surface area (Å²) in [5.74, 6) is -0.724. The Morgan fingerprint density at radius 2 is 1.95 bits per heavy atom. The van der Waals surface area contributed by atoms with Gasteiger partial charge in [-0.15, -0.1) is 0 Å². The van der Waals surface area contributed by atoms with Gasteiger partial charge in [0.05, 0.1) is 6.61 Å². The lowest BCUT2D eigenvalue weighted by molar-refractivity contribution is -0.139. The Bertz CT molecular complexity index is 389. The zero-order chi connectivity index (χ0) is 15.0. The summed E-state index contributed by atoms with van der Waals surface area (Å²) in [4.78, 5) is 22.3. The van der Waals surface area contributed by atoms with E-state index < -0.39 is 11.9 Å². The molecule has 0 saturated heterocycles. The summed E-state index contributed by atoms with van der Waals surface area (Å²) in [7, 11) is 0. The minimum absolute atomic E-state index is 0.209. The van der Waals surface area contributed by atoms with Gasteiger partial charge in [0.25, 0.3) is 0 Å². The van der Waals surface area contributed by atoms with E-state index in [9.17, 15) is 9.59 Å². The van der Waals surface area contributed by atoms with Gasteiger partial charge in [-0.3, -0.25) is 0 Å². The van der Waals surface area contributed by atoms with Crippen LogP contribution in [0.5, 0.6) is 0 Å². The fourth-order valence-electron chi connectivity index (χ4n) is 2.34. The van der Waals surface area contributed by atoms with Gasteiger partial charge in [-0.1, -0.05) is 44.8 Å². The molecule has 0 aromatic rings. The molecule has 112 valence electrons. The Morgan fingerprint density at radius 1 is 1.30 bits per heavy atom. The van der Waals surface area contributed by atoms with Gasteiger partial charge in [0.15, 0.2) is 0 Å². The molecule has 0 amide bonds. The third kappa shape index (κ3) is 6.04. The summed E-state index contributed by atoms with van der Waals surface area (Å²) >= 11 is 0. The molecule has 0 aromatic heterocycles. The normalized spacial score (nSPS) is 16.8. The fraction of sp³-hybridized carbons (Fsp3) is 0.625. The maximum absolute atomic E-state index is 11.7. The van der Waals surface area contributed by atoms with Gasteiger partial charge in [-0.05, 0) is 25.7 Å². The van der Waals surface area contributed by atoms with E-state index in [0.29, 0.717) is 18.1 Å². The van der Waals surface area contributed by atoms with Crippen LogP contribution in [0.3, 0.4) is 0 Å². The predicted molar refractivity (Wildman–Crippen MR) is 77.3 cm³/mol. The van der Waals surface area contributed by atoms with Gasteiger partial charge in [0.1, 0.15) is 0 Å². The van der Waals surface area contributed by atoms with E-state index in [1.165, 1.54) is 45.1 Å². The van der Waals surface area contributed by atoms with Crippen molar-refractivity contribution in [1.82, 2.24) is 0 Å². The van der Waals surface area contributed by atoms with E-state index in [0.717, 1.165) is 6.42 Å². The van der Waals surface area contributed by atoms with Crippen LogP contribution >= 0.6 is 0 Å². The molecule has 0 aromatic carbocycles. The number of aliphatic carboxylic acids is 1. The van der Waals surface area contributed by atoms with Crippen LogP contribution < -0.4 is 0 Å². The number of rotatable bonds is 7. The minimum atomic E-state index is -0.983. The second kappa shape index (κ2) is 8.56. The minimum Gasteiger partial charge on any atom is -0.478 e. The highest BCUT2D eigenvalue weighted by Crippen LogP contribution is 2.26. The highest BCUT2D eigenvalue weighted by Gasteiger charge is 2.14. The quantitative estimate of drug-likeness (QED) is 0.573. The number of carbonyl (C=O) groups is 2. The lowest BCUT2D eigenvalue weighted by atomic mass is 9.87. The van der Waals surface area contributed by atoms with E-state index in [-0.39, 0.29) is 12.0 Å². The van der Waals surface area contributed by atoms with Crippen molar-refractivity contribution in [2.24, 2.45) is 5.92 Å². The number of allylic oxidation sites excluding steroid dienone is 1. The first-order chi connectivity index (χ1) is 9.50. The monoisotopic (exact) mass is 280 g/mol. The first-order valence-electron chi connectivity index (χ1n) is 7.25. The predicted octanol–water partition coefficient (Wildman–Crippen LogP) is 3.48. The van der Waals surface area contributed by atoms with E-state index in [2.05, 4.69) is 6.58 Å². The standard InChI is InChI=1S/C16H24O4/c1-12(15(17)18)8-9-13(2)16(19)20-11-10-14-6-4-3-5-7-14/h8,14H,2-7,9-11H2,1H3,(H,17,18). The molecular weight excluding hydrogens is 256 g/mol. The van der Waals surface area contributed by atoms with Crippen molar-refractivity contribution in [3.05, 3.63) is 23.8 Å². The molecular formula is C16H24O4. The van der Waals surface area contributed by atoms with Gasteiger partial charge in [-0.25, -0.2) is 9.59 Å². The van der Waals surface area contributed by atoms with Gasteiger partial charge in [0.2, 0.25) is 0 Å². The third-order valence-electron chi connectivity index (χ3n) is 3.76. The van der Waals surface area contributed by atoms with Crippen LogP contribution in [0.1, 0.15) is 51.9 Å². The van der Waals surface area contributed by atoms with Gasteiger partial charge < -0.3 is 9.84 Å². The summed E-state index contributed by atoms with van der Waals surface area (Å²) in [6.45, 7) is 5.56. The average Bonchev–Trinajstić information content (AvgIpc) is 2.45. The molecule has 0 spiro atoms. The number of hydrogen-bond donors (Lipinski definition) is 1. The summed E-state index contributed by atoms with van der Waals surface area (Å²) < 4.78 is 5.18. The molecule has 1 aliphatic carbocycles. The highest BCUT2D eigenvalue weighted by atomic mass is 16.5. The van der Waals surface area contributed by atoms with Gasteiger partial charge in [0, 0.05) is 11.1 Å². The van der Waals surface area contributed by atoms with E-state index >= 15 is 0 Å². The maximum Gasteiger partial charge on any atom is 0.333 e. The van der Waals surface area contributed by atoms with Crippen LogP contribution in [0.15, 0.2) is 23.8 Å². The van der Waals surface area contributed by atoms with Crippen LogP contribution in [0, 0.1) is 5.92 Å². The zero-order valence-corrected chi connectivity index (χ0v) is 12.2. The summed E-state index contributed by atoms with van der Waals surface area (Å²) in [6.07, 6.45) is 8.98. The number of hydrogen-bond acceptors (Lipinski definition) is 3. The molecule has 1 rings (SSSR count). The summed E-state index contributed by atoms with van der Waals surface area (Å²) in [6, 6.07) is 0. The van der Waals surface area contributed by atoms with Crippen LogP contribution in [0.25, 0.3) is 0 Å².